The van der Waals surface area contributed by atoms with Crippen molar-refractivity contribution in [3.8, 4) is 5.75 Å². The van der Waals surface area contributed by atoms with E-state index in [0.717, 1.165) is 13.1 Å². The summed E-state index contributed by atoms with van der Waals surface area (Å²) in [4.78, 5) is 11.7. The van der Waals surface area contributed by atoms with E-state index in [1.807, 2.05) is 0 Å². The molecule has 19 heavy (non-hydrogen) atoms. The standard InChI is InChI=1S/C13H18N2O4/c14-9-1-2-11(12(16)7-9)13(17)19-5-3-10-8-15-4-6-18-10/h1-2,7,10,15-16H,3-6,8,14H2. The average Bonchev–Trinajstić information content (AvgIpc) is 2.39. The van der Waals surface area contributed by atoms with E-state index in [1.54, 1.807) is 6.07 Å². The van der Waals surface area contributed by atoms with E-state index in [9.17, 15) is 9.90 Å². The monoisotopic (exact) mass is 266 g/mol. The van der Waals surface area contributed by atoms with Gasteiger partial charge in [-0.05, 0) is 12.1 Å². The van der Waals surface area contributed by atoms with Crippen molar-refractivity contribution < 1.29 is 19.4 Å². The maximum absolute atomic E-state index is 11.7. The van der Waals surface area contributed by atoms with Crippen molar-refractivity contribution in [3.05, 3.63) is 23.8 Å². The van der Waals surface area contributed by atoms with Gasteiger partial charge in [-0.3, -0.25) is 0 Å². The Morgan fingerprint density at radius 2 is 2.42 bits per heavy atom. The van der Waals surface area contributed by atoms with Crippen LogP contribution in [0.3, 0.4) is 0 Å². The fraction of sp³-hybridized carbons (Fsp3) is 0.462. The lowest BCUT2D eigenvalue weighted by atomic mass is 10.2. The van der Waals surface area contributed by atoms with E-state index in [4.69, 9.17) is 15.2 Å². The quantitative estimate of drug-likeness (QED) is 0.543. The second kappa shape index (κ2) is 6.40. The van der Waals surface area contributed by atoms with Crippen LogP contribution in [0.4, 0.5) is 5.69 Å². The Morgan fingerprint density at radius 1 is 1.58 bits per heavy atom. The highest BCUT2D eigenvalue weighted by Crippen LogP contribution is 2.20. The number of nitrogens with two attached hydrogens (primary N) is 1. The molecular formula is C13H18N2O4. The van der Waals surface area contributed by atoms with Crippen molar-refractivity contribution in [2.24, 2.45) is 0 Å². The van der Waals surface area contributed by atoms with Crippen LogP contribution in [0.1, 0.15) is 16.8 Å². The van der Waals surface area contributed by atoms with Gasteiger partial charge in [0.25, 0.3) is 0 Å². The summed E-state index contributed by atoms with van der Waals surface area (Å²) in [6.07, 6.45) is 0.704. The van der Waals surface area contributed by atoms with Crippen molar-refractivity contribution in [2.75, 3.05) is 32.0 Å². The molecule has 0 spiro atoms. The summed E-state index contributed by atoms with van der Waals surface area (Å²) < 4.78 is 10.6. The molecule has 1 saturated heterocycles. The number of esters is 1. The summed E-state index contributed by atoms with van der Waals surface area (Å²) in [5, 5.41) is 12.8. The average molecular weight is 266 g/mol. The van der Waals surface area contributed by atoms with E-state index in [2.05, 4.69) is 5.32 Å². The summed E-state index contributed by atoms with van der Waals surface area (Å²) >= 11 is 0. The van der Waals surface area contributed by atoms with Crippen LogP contribution in [0.5, 0.6) is 5.75 Å². The fourth-order valence-electron chi connectivity index (χ4n) is 1.89. The first-order chi connectivity index (χ1) is 9.16. The Bertz CT molecular complexity index is 444. The van der Waals surface area contributed by atoms with Crippen LogP contribution < -0.4 is 11.1 Å². The molecule has 6 heteroatoms. The first kappa shape index (κ1) is 13.6. The predicted octanol–water partition coefficient (Wildman–Crippen LogP) is 0.510. The molecule has 1 heterocycles. The van der Waals surface area contributed by atoms with Crippen molar-refractivity contribution in [2.45, 2.75) is 12.5 Å². The zero-order valence-electron chi connectivity index (χ0n) is 10.6. The van der Waals surface area contributed by atoms with Gasteiger partial charge in [0.2, 0.25) is 0 Å². The Kier molecular flexibility index (Phi) is 4.59. The van der Waals surface area contributed by atoms with E-state index in [-0.39, 0.29) is 24.0 Å². The third kappa shape index (κ3) is 3.84. The summed E-state index contributed by atoms with van der Waals surface area (Å²) in [6.45, 7) is 2.56. The zero-order valence-corrected chi connectivity index (χ0v) is 10.6. The second-order valence-corrected chi connectivity index (χ2v) is 4.40. The summed E-state index contributed by atoms with van der Waals surface area (Å²) in [7, 11) is 0. The molecular weight excluding hydrogens is 248 g/mol. The molecule has 0 aromatic heterocycles. The molecule has 1 atom stereocenters. The first-order valence-corrected chi connectivity index (χ1v) is 6.25. The van der Waals surface area contributed by atoms with Gasteiger partial charge in [0, 0.05) is 31.3 Å². The molecule has 4 N–H and O–H groups in total. The number of phenols is 1. The van der Waals surface area contributed by atoms with Gasteiger partial charge in [-0.15, -0.1) is 0 Å². The van der Waals surface area contributed by atoms with Gasteiger partial charge in [0.1, 0.15) is 11.3 Å². The second-order valence-electron chi connectivity index (χ2n) is 4.40. The molecule has 104 valence electrons. The minimum Gasteiger partial charge on any atom is -0.507 e. The highest BCUT2D eigenvalue weighted by Gasteiger charge is 2.16. The molecule has 2 rings (SSSR count). The SMILES string of the molecule is Nc1ccc(C(=O)OCCC2CNCCO2)c(O)c1. The Balaban J connectivity index is 1.80. The molecule has 0 radical (unpaired) electrons. The maximum Gasteiger partial charge on any atom is 0.341 e. The third-order valence-corrected chi connectivity index (χ3v) is 2.92. The number of benzene rings is 1. The normalized spacial score (nSPS) is 19.1. The Labute approximate surface area is 111 Å². The van der Waals surface area contributed by atoms with Crippen LogP contribution in [-0.4, -0.2) is 43.5 Å². The molecule has 1 aromatic rings. The number of morpholine rings is 1. The number of rotatable bonds is 4. The lowest BCUT2D eigenvalue weighted by molar-refractivity contribution is 0.00499. The lowest BCUT2D eigenvalue weighted by Gasteiger charge is -2.23. The summed E-state index contributed by atoms with van der Waals surface area (Å²) in [5.74, 6) is -0.721. The van der Waals surface area contributed by atoms with Gasteiger partial charge in [0.05, 0.1) is 19.3 Å². The highest BCUT2D eigenvalue weighted by atomic mass is 16.5. The first-order valence-electron chi connectivity index (χ1n) is 6.25. The number of nitrogens with one attached hydrogen (secondary N) is 1. The number of nitrogen functional groups attached to an aromatic ring is 1. The summed E-state index contributed by atoms with van der Waals surface area (Å²) in [5.41, 5.74) is 6.01. The molecule has 0 amide bonds. The number of hydrogen-bond donors (Lipinski definition) is 3. The van der Waals surface area contributed by atoms with Crippen molar-refractivity contribution in [1.82, 2.24) is 5.32 Å². The van der Waals surface area contributed by atoms with Gasteiger partial charge in [0.15, 0.2) is 0 Å². The molecule has 0 aliphatic carbocycles. The molecule has 1 fully saturated rings. The van der Waals surface area contributed by atoms with Crippen LogP contribution in [0, 0.1) is 0 Å². The van der Waals surface area contributed by atoms with E-state index >= 15 is 0 Å². The van der Waals surface area contributed by atoms with Gasteiger partial charge in [-0.1, -0.05) is 0 Å². The molecule has 1 aliphatic heterocycles. The number of carbonyl (C=O) groups excluding carboxylic acids is 1. The number of ether oxygens (including phenoxy) is 2. The molecule has 0 saturated carbocycles. The molecule has 6 nitrogen and oxygen atoms in total. The van der Waals surface area contributed by atoms with Crippen LogP contribution in [-0.2, 0) is 9.47 Å². The fourth-order valence-corrected chi connectivity index (χ4v) is 1.89. The summed E-state index contributed by atoms with van der Waals surface area (Å²) in [6, 6.07) is 4.32. The van der Waals surface area contributed by atoms with Crippen molar-refractivity contribution >= 4 is 11.7 Å². The number of hydrogen-bond acceptors (Lipinski definition) is 6. The van der Waals surface area contributed by atoms with E-state index in [0.29, 0.717) is 18.7 Å². The topological polar surface area (TPSA) is 93.8 Å². The minimum absolute atomic E-state index is 0.0709. The third-order valence-electron chi connectivity index (χ3n) is 2.92. The smallest absolute Gasteiger partial charge is 0.341 e. The minimum atomic E-state index is -0.554. The highest BCUT2D eigenvalue weighted by molar-refractivity contribution is 5.92. The number of aromatic hydroxyl groups is 1. The van der Waals surface area contributed by atoms with E-state index < -0.39 is 5.97 Å². The maximum atomic E-state index is 11.7. The molecule has 1 aromatic carbocycles. The number of anilines is 1. The van der Waals surface area contributed by atoms with Crippen LogP contribution >= 0.6 is 0 Å². The van der Waals surface area contributed by atoms with Gasteiger partial charge in [-0.25, -0.2) is 4.79 Å². The molecule has 1 unspecified atom stereocenters. The Hall–Kier alpha value is -1.79. The Morgan fingerprint density at radius 3 is 3.11 bits per heavy atom. The van der Waals surface area contributed by atoms with Crippen LogP contribution in [0.2, 0.25) is 0 Å². The molecule has 0 bridgehead atoms. The number of carbonyl (C=O) groups is 1. The van der Waals surface area contributed by atoms with Crippen LogP contribution in [0.25, 0.3) is 0 Å². The van der Waals surface area contributed by atoms with Crippen molar-refractivity contribution in [3.63, 3.8) is 0 Å². The van der Waals surface area contributed by atoms with Crippen molar-refractivity contribution in [1.29, 1.82) is 0 Å². The van der Waals surface area contributed by atoms with Gasteiger partial charge >= 0.3 is 5.97 Å². The van der Waals surface area contributed by atoms with Crippen LogP contribution in [0.15, 0.2) is 18.2 Å². The predicted molar refractivity (Wildman–Crippen MR) is 70.0 cm³/mol. The van der Waals surface area contributed by atoms with E-state index in [1.165, 1.54) is 12.1 Å². The van der Waals surface area contributed by atoms with Gasteiger partial charge < -0.3 is 25.6 Å². The molecule has 1 aliphatic rings. The number of phenolic OH excluding ortho intramolecular Hbond substituents is 1. The van der Waals surface area contributed by atoms with Gasteiger partial charge in [-0.2, -0.15) is 0 Å². The lowest BCUT2D eigenvalue weighted by Crippen LogP contribution is -2.39. The zero-order chi connectivity index (χ0) is 13.7. The largest absolute Gasteiger partial charge is 0.507 e.